The lowest BCUT2D eigenvalue weighted by atomic mass is 10.2. The molecule has 1 N–H and O–H groups in total. The molecule has 32 heavy (non-hydrogen) atoms. The molecule has 0 aromatic carbocycles. The number of rotatable bonds is 7. The van der Waals surface area contributed by atoms with Gasteiger partial charge in [-0.05, 0) is 17.9 Å². The molecule has 3 aromatic rings. The average molecular weight is 444 g/mol. The quantitative estimate of drug-likeness (QED) is 0.384. The lowest BCUT2D eigenvalue weighted by Gasteiger charge is -2.27. The molecule has 0 aliphatic carbocycles. The molecule has 168 valence electrons. The third kappa shape index (κ3) is 4.31. The van der Waals surface area contributed by atoms with Gasteiger partial charge in [-0.2, -0.15) is 14.9 Å². The van der Waals surface area contributed by atoms with Gasteiger partial charge in [-0.3, -0.25) is 14.3 Å². The Balaban J connectivity index is 1.47. The molecule has 0 saturated carbocycles. The zero-order valence-electron chi connectivity index (χ0n) is 17.1. The fraction of sp³-hybridized carbons (Fsp3) is 0.412. The fourth-order valence-corrected chi connectivity index (χ4v) is 3.19. The van der Waals surface area contributed by atoms with Crippen LogP contribution in [0, 0.1) is 10.1 Å². The highest BCUT2D eigenvalue weighted by Crippen LogP contribution is 2.19. The predicted molar refractivity (Wildman–Crippen MR) is 107 cm³/mol. The van der Waals surface area contributed by atoms with Crippen molar-refractivity contribution in [2.45, 2.75) is 20.1 Å². The molecule has 15 nitrogen and oxygen atoms in total. The maximum Gasteiger partial charge on any atom is 0.491 e. The zero-order valence-corrected chi connectivity index (χ0v) is 17.1. The number of morpholine rings is 1. The highest BCUT2D eigenvalue weighted by atomic mass is 16.6. The summed E-state index contributed by atoms with van der Waals surface area (Å²) in [5, 5.41) is 25.4. The highest BCUT2D eigenvalue weighted by molar-refractivity contribution is 6.07. The summed E-state index contributed by atoms with van der Waals surface area (Å²) in [6, 6.07) is 1.48. The van der Waals surface area contributed by atoms with E-state index in [1.54, 1.807) is 4.90 Å². The van der Waals surface area contributed by atoms with Crippen molar-refractivity contribution in [3.8, 4) is 0 Å². The first-order chi connectivity index (χ1) is 15.5. The Morgan fingerprint density at radius 3 is 2.72 bits per heavy atom. The minimum Gasteiger partial charge on any atom is -0.390 e. The molecular formula is C17H20N10O5. The second-order valence-corrected chi connectivity index (χ2v) is 6.80. The van der Waals surface area contributed by atoms with Gasteiger partial charge in [-0.25, -0.2) is 4.68 Å². The predicted octanol–water partition coefficient (Wildman–Crippen LogP) is -0.170. The molecule has 0 spiro atoms. The van der Waals surface area contributed by atoms with Crippen LogP contribution in [0.15, 0.2) is 24.8 Å². The van der Waals surface area contributed by atoms with E-state index in [9.17, 15) is 19.7 Å². The van der Waals surface area contributed by atoms with E-state index in [4.69, 9.17) is 4.74 Å². The minimum absolute atomic E-state index is 0.0304. The Labute approximate surface area is 180 Å². The molecule has 4 rings (SSSR count). The smallest absolute Gasteiger partial charge is 0.390 e. The number of hydrogen-bond donors (Lipinski definition) is 1. The Kier molecular flexibility index (Phi) is 5.89. The van der Waals surface area contributed by atoms with Gasteiger partial charge in [0.2, 0.25) is 6.33 Å². The van der Waals surface area contributed by atoms with Crippen LogP contribution in [0.5, 0.6) is 0 Å². The van der Waals surface area contributed by atoms with E-state index >= 15 is 0 Å². The summed E-state index contributed by atoms with van der Waals surface area (Å²) < 4.78 is 9.42. The second-order valence-electron chi connectivity index (χ2n) is 6.80. The molecule has 1 fully saturated rings. The SMILES string of the molecule is CCn1ncc(NC(=O)c2ccn(Cn3cnc([N+](=O)[O-])n3)n2)c1C(=O)N1CCOCC1. The van der Waals surface area contributed by atoms with Gasteiger partial charge in [0, 0.05) is 30.9 Å². The number of carbonyl (C=O) groups is 2. The number of nitro groups is 1. The summed E-state index contributed by atoms with van der Waals surface area (Å²) in [5.41, 5.74) is 0.667. The molecule has 3 aromatic heterocycles. The molecule has 0 unspecified atom stereocenters. The Morgan fingerprint density at radius 2 is 2.03 bits per heavy atom. The Bertz CT molecular complexity index is 1140. The fourth-order valence-electron chi connectivity index (χ4n) is 3.19. The first-order valence-corrected chi connectivity index (χ1v) is 9.77. The molecular weight excluding hydrogens is 424 g/mol. The third-order valence-corrected chi connectivity index (χ3v) is 4.74. The van der Waals surface area contributed by atoms with E-state index in [0.29, 0.717) is 32.8 Å². The monoisotopic (exact) mass is 444 g/mol. The summed E-state index contributed by atoms with van der Waals surface area (Å²) in [5.74, 6) is -1.29. The zero-order chi connectivity index (χ0) is 22.7. The molecule has 0 radical (unpaired) electrons. The average Bonchev–Trinajstić information content (AvgIpc) is 3.54. The van der Waals surface area contributed by atoms with Gasteiger partial charge in [-0.1, -0.05) is 4.98 Å². The number of amides is 2. The van der Waals surface area contributed by atoms with Crippen LogP contribution >= 0.6 is 0 Å². The van der Waals surface area contributed by atoms with Crippen molar-refractivity contribution >= 4 is 23.5 Å². The van der Waals surface area contributed by atoms with Gasteiger partial charge in [-0.15, -0.1) is 0 Å². The van der Waals surface area contributed by atoms with Crippen LogP contribution in [0.4, 0.5) is 11.6 Å². The largest absolute Gasteiger partial charge is 0.491 e. The minimum atomic E-state index is -0.704. The van der Waals surface area contributed by atoms with E-state index in [2.05, 4.69) is 25.6 Å². The summed E-state index contributed by atoms with van der Waals surface area (Å²) in [6.07, 6.45) is 4.15. The van der Waals surface area contributed by atoms with Crippen molar-refractivity contribution < 1.29 is 19.2 Å². The van der Waals surface area contributed by atoms with E-state index in [1.807, 2.05) is 6.92 Å². The van der Waals surface area contributed by atoms with Crippen molar-refractivity contribution in [1.29, 1.82) is 0 Å². The van der Waals surface area contributed by atoms with Crippen molar-refractivity contribution in [2.75, 3.05) is 31.6 Å². The molecule has 4 heterocycles. The van der Waals surface area contributed by atoms with Crippen LogP contribution in [0.2, 0.25) is 0 Å². The molecule has 1 aliphatic heterocycles. The lowest BCUT2D eigenvalue weighted by Crippen LogP contribution is -2.41. The number of aromatic nitrogens is 7. The van der Waals surface area contributed by atoms with Gasteiger partial charge in [0.05, 0.1) is 25.1 Å². The van der Waals surface area contributed by atoms with Crippen LogP contribution in [-0.4, -0.2) is 82.3 Å². The topological polar surface area (TPSA) is 168 Å². The standard InChI is InChI=1S/C17H20N10O5/c1-2-26-14(16(29)23-5-7-32-8-6-23)13(9-19-26)20-15(28)12-3-4-24(21-12)11-25-10-18-17(22-25)27(30)31/h3-4,9-10H,2,5-8,11H2,1H3,(H,20,28). The summed E-state index contributed by atoms with van der Waals surface area (Å²) in [4.78, 5) is 40.9. The summed E-state index contributed by atoms with van der Waals surface area (Å²) >= 11 is 0. The van der Waals surface area contributed by atoms with Crippen LogP contribution in [-0.2, 0) is 18.0 Å². The second kappa shape index (κ2) is 8.93. The van der Waals surface area contributed by atoms with E-state index in [1.165, 1.54) is 38.8 Å². The maximum atomic E-state index is 13.0. The number of ether oxygens (including phenoxy) is 1. The van der Waals surface area contributed by atoms with Crippen LogP contribution in [0.25, 0.3) is 0 Å². The van der Waals surface area contributed by atoms with E-state index in [-0.39, 0.29) is 29.7 Å². The number of anilines is 1. The van der Waals surface area contributed by atoms with E-state index in [0.717, 1.165) is 0 Å². The number of carbonyl (C=O) groups excluding carboxylic acids is 2. The van der Waals surface area contributed by atoms with Crippen molar-refractivity contribution in [2.24, 2.45) is 0 Å². The van der Waals surface area contributed by atoms with Crippen LogP contribution in [0.3, 0.4) is 0 Å². The molecule has 1 saturated heterocycles. The molecule has 1 aliphatic rings. The normalized spacial score (nSPS) is 13.8. The van der Waals surface area contributed by atoms with Crippen molar-refractivity contribution in [3.05, 3.63) is 46.3 Å². The highest BCUT2D eigenvalue weighted by Gasteiger charge is 2.26. The van der Waals surface area contributed by atoms with Gasteiger partial charge in [0.15, 0.2) is 12.4 Å². The van der Waals surface area contributed by atoms with Crippen molar-refractivity contribution in [1.82, 2.24) is 39.2 Å². The molecule has 0 atom stereocenters. The van der Waals surface area contributed by atoms with Crippen molar-refractivity contribution in [3.63, 3.8) is 0 Å². The molecule has 2 amide bonds. The first kappa shape index (κ1) is 21.1. The summed E-state index contributed by atoms with van der Waals surface area (Å²) in [7, 11) is 0. The number of nitrogens with zero attached hydrogens (tertiary/aromatic N) is 9. The van der Waals surface area contributed by atoms with Gasteiger partial charge in [0.25, 0.3) is 11.8 Å². The number of nitrogens with one attached hydrogen (secondary N) is 1. The maximum absolute atomic E-state index is 13.0. The van der Waals surface area contributed by atoms with Gasteiger partial charge >= 0.3 is 5.95 Å². The molecule has 15 heteroatoms. The lowest BCUT2D eigenvalue weighted by molar-refractivity contribution is -0.394. The molecule has 0 bridgehead atoms. The van der Waals surface area contributed by atoms with Gasteiger partial charge in [0.1, 0.15) is 5.69 Å². The van der Waals surface area contributed by atoms with Crippen LogP contribution in [0.1, 0.15) is 27.9 Å². The number of aryl methyl sites for hydroxylation is 1. The van der Waals surface area contributed by atoms with E-state index < -0.39 is 16.8 Å². The van der Waals surface area contributed by atoms with Crippen LogP contribution < -0.4 is 5.32 Å². The Hall–Kier alpha value is -4.14. The Morgan fingerprint density at radius 1 is 1.25 bits per heavy atom. The third-order valence-electron chi connectivity index (χ3n) is 4.74. The number of hydrogen-bond acceptors (Lipinski definition) is 9. The first-order valence-electron chi connectivity index (χ1n) is 9.77. The van der Waals surface area contributed by atoms with Gasteiger partial charge < -0.3 is 25.1 Å². The summed E-state index contributed by atoms with van der Waals surface area (Å²) in [6.45, 7) is 4.19.